The molecule has 1 heterocycles. The fourth-order valence-corrected chi connectivity index (χ4v) is 3.49. The third-order valence-electron chi connectivity index (χ3n) is 4.79. The summed E-state index contributed by atoms with van der Waals surface area (Å²) in [4.78, 5) is 11.1. The highest BCUT2D eigenvalue weighted by Crippen LogP contribution is 2.32. The molecule has 138 valence electrons. The van der Waals surface area contributed by atoms with Gasteiger partial charge in [-0.2, -0.15) is 0 Å². The molecule has 1 aliphatic heterocycles. The SMILES string of the molecule is CC(=O)Nc1cccc(CCCCNCC2CCOc3ccccc32)c1. The molecule has 0 spiro atoms. The van der Waals surface area contributed by atoms with E-state index in [1.165, 1.54) is 18.1 Å². The van der Waals surface area contributed by atoms with E-state index in [0.29, 0.717) is 5.92 Å². The molecule has 0 saturated carbocycles. The minimum Gasteiger partial charge on any atom is -0.493 e. The standard InChI is InChI=1S/C22H28N2O2/c1-17(25)24-20-9-6-8-18(15-20)7-4-5-13-23-16-19-12-14-26-22-11-3-2-10-21(19)22/h2-3,6,8-11,15,19,23H,4-5,7,12-14,16H2,1H3,(H,24,25). The third-order valence-corrected chi connectivity index (χ3v) is 4.79. The molecular formula is C22H28N2O2. The maximum Gasteiger partial charge on any atom is 0.221 e. The number of aryl methyl sites for hydroxylation is 1. The fraction of sp³-hybridized carbons (Fsp3) is 0.409. The van der Waals surface area contributed by atoms with Crippen LogP contribution < -0.4 is 15.4 Å². The lowest BCUT2D eigenvalue weighted by molar-refractivity contribution is -0.114. The van der Waals surface area contributed by atoms with Crippen molar-refractivity contribution < 1.29 is 9.53 Å². The number of rotatable bonds is 8. The minimum atomic E-state index is -0.0268. The van der Waals surface area contributed by atoms with Crippen molar-refractivity contribution in [2.45, 2.75) is 38.5 Å². The van der Waals surface area contributed by atoms with Gasteiger partial charge in [-0.1, -0.05) is 30.3 Å². The van der Waals surface area contributed by atoms with Crippen LogP contribution in [-0.4, -0.2) is 25.6 Å². The lowest BCUT2D eigenvalue weighted by Gasteiger charge is -2.26. The van der Waals surface area contributed by atoms with E-state index < -0.39 is 0 Å². The van der Waals surface area contributed by atoms with Crippen molar-refractivity contribution in [3.63, 3.8) is 0 Å². The Labute approximate surface area is 156 Å². The molecule has 4 heteroatoms. The molecule has 0 aromatic heterocycles. The van der Waals surface area contributed by atoms with Crippen LogP contribution in [0.1, 0.15) is 43.2 Å². The van der Waals surface area contributed by atoms with Crippen molar-refractivity contribution in [1.29, 1.82) is 0 Å². The molecule has 2 aromatic rings. The van der Waals surface area contributed by atoms with E-state index in [4.69, 9.17) is 4.74 Å². The number of unbranched alkanes of at least 4 members (excludes halogenated alkanes) is 1. The zero-order chi connectivity index (χ0) is 18.2. The Bertz CT molecular complexity index is 730. The van der Waals surface area contributed by atoms with Gasteiger partial charge in [-0.3, -0.25) is 4.79 Å². The first-order valence-corrected chi connectivity index (χ1v) is 9.51. The number of fused-ring (bicyclic) bond motifs is 1. The van der Waals surface area contributed by atoms with E-state index in [1.54, 1.807) is 0 Å². The van der Waals surface area contributed by atoms with Crippen LogP contribution in [0, 0.1) is 0 Å². The summed E-state index contributed by atoms with van der Waals surface area (Å²) in [5.41, 5.74) is 3.49. The van der Waals surface area contributed by atoms with Crippen LogP contribution in [0.2, 0.25) is 0 Å². The fourth-order valence-electron chi connectivity index (χ4n) is 3.49. The van der Waals surface area contributed by atoms with Crippen molar-refractivity contribution in [3.05, 3.63) is 59.7 Å². The lowest BCUT2D eigenvalue weighted by Crippen LogP contribution is -2.26. The van der Waals surface area contributed by atoms with Crippen LogP contribution >= 0.6 is 0 Å². The summed E-state index contributed by atoms with van der Waals surface area (Å²) in [6.45, 7) is 4.40. The molecule has 4 nitrogen and oxygen atoms in total. The van der Waals surface area contributed by atoms with Gasteiger partial charge in [0.05, 0.1) is 6.61 Å². The van der Waals surface area contributed by atoms with Gasteiger partial charge in [-0.05, 0) is 61.6 Å². The van der Waals surface area contributed by atoms with Crippen LogP contribution in [0.4, 0.5) is 5.69 Å². The molecule has 2 aromatic carbocycles. The normalized spacial score (nSPS) is 15.8. The summed E-state index contributed by atoms with van der Waals surface area (Å²) in [7, 11) is 0. The molecule has 1 amide bonds. The van der Waals surface area contributed by atoms with Gasteiger partial charge in [0.2, 0.25) is 5.91 Å². The van der Waals surface area contributed by atoms with Gasteiger partial charge in [0, 0.05) is 25.1 Å². The second-order valence-corrected chi connectivity index (χ2v) is 6.91. The average molecular weight is 352 g/mol. The Morgan fingerprint density at radius 3 is 2.92 bits per heavy atom. The zero-order valence-electron chi connectivity index (χ0n) is 15.5. The zero-order valence-corrected chi connectivity index (χ0v) is 15.5. The number of anilines is 1. The highest BCUT2D eigenvalue weighted by molar-refractivity contribution is 5.88. The predicted octanol–water partition coefficient (Wildman–Crippen LogP) is 4.12. The van der Waals surface area contributed by atoms with Crippen molar-refractivity contribution in [3.8, 4) is 5.75 Å². The summed E-state index contributed by atoms with van der Waals surface area (Å²) in [6, 6.07) is 16.5. The summed E-state index contributed by atoms with van der Waals surface area (Å²) < 4.78 is 5.73. The molecule has 0 fully saturated rings. The number of ether oxygens (including phenoxy) is 1. The van der Waals surface area contributed by atoms with E-state index in [-0.39, 0.29) is 5.91 Å². The van der Waals surface area contributed by atoms with Crippen molar-refractivity contribution in [2.75, 3.05) is 25.0 Å². The first kappa shape index (κ1) is 18.5. The third kappa shape index (κ3) is 5.33. The number of para-hydroxylation sites is 1. The van der Waals surface area contributed by atoms with Crippen LogP contribution in [0.25, 0.3) is 0 Å². The Balaban J connectivity index is 1.36. The van der Waals surface area contributed by atoms with Gasteiger partial charge >= 0.3 is 0 Å². The van der Waals surface area contributed by atoms with Crippen molar-refractivity contribution in [2.24, 2.45) is 0 Å². The highest BCUT2D eigenvalue weighted by atomic mass is 16.5. The Morgan fingerprint density at radius 1 is 1.15 bits per heavy atom. The maximum atomic E-state index is 11.1. The van der Waals surface area contributed by atoms with E-state index >= 15 is 0 Å². The van der Waals surface area contributed by atoms with Crippen LogP contribution in [0.3, 0.4) is 0 Å². The highest BCUT2D eigenvalue weighted by Gasteiger charge is 2.20. The van der Waals surface area contributed by atoms with Gasteiger partial charge < -0.3 is 15.4 Å². The molecule has 2 N–H and O–H groups in total. The molecule has 1 aliphatic rings. The Morgan fingerprint density at radius 2 is 2.04 bits per heavy atom. The van der Waals surface area contributed by atoms with Gasteiger partial charge in [0.15, 0.2) is 0 Å². The Hall–Kier alpha value is -2.33. The Kier molecular flexibility index (Phi) is 6.67. The summed E-state index contributed by atoms with van der Waals surface area (Å²) >= 11 is 0. The number of carbonyl (C=O) groups is 1. The maximum absolute atomic E-state index is 11.1. The molecule has 0 aliphatic carbocycles. The molecule has 1 atom stereocenters. The molecule has 0 saturated heterocycles. The smallest absolute Gasteiger partial charge is 0.221 e. The quantitative estimate of drug-likeness (QED) is 0.703. The van der Waals surface area contributed by atoms with E-state index in [0.717, 1.165) is 56.8 Å². The van der Waals surface area contributed by atoms with Gasteiger partial charge in [0.1, 0.15) is 5.75 Å². The van der Waals surface area contributed by atoms with Gasteiger partial charge in [0.25, 0.3) is 0 Å². The first-order valence-electron chi connectivity index (χ1n) is 9.51. The van der Waals surface area contributed by atoms with Crippen molar-refractivity contribution >= 4 is 11.6 Å². The lowest BCUT2D eigenvalue weighted by atomic mass is 9.93. The predicted molar refractivity (Wildman–Crippen MR) is 106 cm³/mol. The summed E-state index contributed by atoms with van der Waals surface area (Å²) in [5, 5.41) is 6.45. The second-order valence-electron chi connectivity index (χ2n) is 6.91. The van der Waals surface area contributed by atoms with Crippen LogP contribution in [0.5, 0.6) is 5.75 Å². The number of hydrogen-bond acceptors (Lipinski definition) is 3. The number of carbonyl (C=O) groups excluding carboxylic acids is 1. The molecule has 1 unspecified atom stereocenters. The number of hydrogen-bond donors (Lipinski definition) is 2. The molecule has 0 bridgehead atoms. The molecular weight excluding hydrogens is 324 g/mol. The summed E-state index contributed by atoms with van der Waals surface area (Å²) in [5.74, 6) is 1.57. The van der Waals surface area contributed by atoms with Gasteiger partial charge in [-0.25, -0.2) is 0 Å². The number of benzene rings is 2. The number of nitrogens with one attached hydrogen (secondary N) is 2. The monoisotopic (exact) mass is 352 g/mol. The minimum absolute atomic E-state index is 0.0268. The van der Waals surface area contributed by atoms with Crippen molar-refractivity contribution in [1.82, 2.24) is 5.32 Å². The largest absolute Gasteiger partial charge is 0.493 e. The number of amides is 1. The second kappa shape index (κ2) is 9.39. The molecule has 3 rings (SSSR count). The van der Waals surface area contributed by atoms with Gasteiger partial charge in [-0.15, -0.1) is 0 Å². The van der Waals surface area contributed by atoms with Crippen LogP contribution in [-0.2, 0) is 11.2 Å². The molecule has 26 heavy (non-hydrogen) atoms. The summed E-state index contributed by atoms with van der Waals surface area (Å²) in [6.07, 6.45) is 4.41. The van der Waals surface area contributed by atoms with E-state index in [1.807, 2.05) is 18.2 Å². The van der Waals surface area contributed by atoms with E-state index in [2.05, 4.69) is 41.0 Å². The van der Waals surface area contributed by atoms with E-state index in [9.17, 15) is 4.79 Å². The molecule has 0 radical (unpaired) electrons. The topological polar surface area (TPSA) is 50.4 Å². The van der Waals surface area contributed by atoms with Crippen LogP contribution in [0.15, 0.2) is 48.5 Å². The first-order chi connectivity index (χ1) is 12.7. The average Bonchev–Trinajstić information content (AvgIpc) is 2.64.